The lowest BCUT2D eigenvalue weighted by atomic mass is 9.87. The maximum atomic E-state index is 12.4. The van der Waals surface area contributed by atoms with Crippen LogP contribution in [0.4, 0.5) is 9.59 Å². The normalized spacial score (nSPS) is 13.8. The van der Waals surface area contributed by atoms with Gasteiger partial charge in [-0.05, 0) is 49.8 Å². The maximum Gasteiger partial charge on any atom is 0.513 e. The predicted octanol–water partition coefficient (Wildman–Crippen LogP) is 6.35. The number of hydrogen-bond donors (Lipinski definition) is 2. The van der Waals surface area contributed by atoms with Crippen LogP contribution in [0.25, 0.3) is 0 Å². The van der Waals surface area contributed by atoms with Crippen LogP contribution in [-0.2, 0) is 23.8 Å². The Morgan fingerprint density at radius 1 is 0.854 bits per heavy atom. The van der Waals surface area contributed by atoms with Crippen molar-refractivity contribution in [2.24, 2.45) is 11.7 Å². The Labute approximate surface area is 243 Å². The van der Waals surface area contributed by atoms with Gasteiger partial charge >= 0.3 is 24.2 Å². The molecule has 0 bridgehead atoms. The second-order valence-corrected chi connectivity index (χ2v) is 10.2. The molecule has 0 aliphatic rings. The third-order valence-electron chi connectivity index (χ3n) is 6.57. The molecular weight excluding hydrogens is 534 g/mol. The number of carboxylic acids is 1. The molecule has 0 heterocycles. The van der Waals surface area contributed by atoms with Crippen molar-refractivity contribution in [1.29, 1.82) is 0 Å². The summed E-state index contributed by atoms with van der Waals surface area (Å²) < 4.78 is 26.4. The fourth-order valence-electron chi connectivity index (χ4n) is 3.94. The van der Waals surface area contributed by atoms with E-state index in [2.05, 4.69) is 0 Å². The van der Waals surface area contributed by atoms with Crippen LogP contribution in [0.3, 0.4) is 0 Å². The van der Waals surface area contributed by atoms with E-state index in [1.165, 1.54) is 18.2 Å². The van der Waals surface area contributed by atoms with Gasteiger partial charge in [-0.3, -0.25) is 9.59 Å². The molecule has 11 heteroatoms. The number of hydrogen-bond acceptors (Lipinski definition) is 10. The lowest BCUT2D eigenvalue weighted by molar-refractivity contribution is -0.149. The lowest BCUT2D eigenvalue weighted by Crippen LogP contribution is -2.38. The Morgan fingerprint density at radius 3 is 1.93 bits per heavy atom. The van der Waals surface area contributed by atoms with Gasteiger partial charge in [0, 0.05) is 12.3 Å². The van der Waals surface area contributed by atoms with Gasteiger partial charge in [0.05, 0.1) is 19.3 Å². The minimum atomic E-state index is -1.37. The molecule has 232 valence electrons. The van der Waals surface area contributed by atoms with Gasteiger partial charge in [0.15, 0.2) is 11.5 Å². The molecule has 0 aliphatic heterocycles. The first-order valence-corrected chi connectivity index (χ1v) is 14.5. The third kappa shape index (κ3) is 14.2. The van der Waals surface area contributed by atoms with E-state index in [9.17, 15) is 24.3 Å². The average molecular weight is 582 g/mol. The van der Waals surface area contributed by atoms with E-state index in [0.717, 1.165) is 32.1 Å². The highest BCUT2D eigenvalue weighted by molar-refractivity contribution is 5.75. The summed E-state index contributed by atoms with van der Waals surface area (Å²) >= 11 is 0. The van der Waals surface area contributed by atoms with Gasteiger partial charge in [-0.1, -0.05) is 65.9 Å². The zero-order chi connectivity index (χ0) is 30.8. The average Bonchev–Trinajstić information content (AvgIpc) is 2.92. The van der Waals surface area contributed by atoms with Crippen molar-refractivity contribution in [1.82, 2.24) is 0 Å². The highest BCUT2D eigenvalue weighted by Gasteiger charge is 2.30. The number of esters is 1. The number of unbranched alkanes of at least 4 members (excludes halogenated alkanes) is 4. The molecule has 0 saturated carbocycles. The van der Waals surface area contributed by atoms with Crippen molar-refractivity contribution in [2.45, 2.75) is 110 Å². The quantitative estimate of drug-likeness (QED) is 0.0810. The molecule has 1 aromatic rings. The van der Waals surface area contributed by atoms with Crippen LogP contribution in [0.1, 0.15) is 104 Å². The predicted molar refractivity (Wildman–Crippen MR) is 152 cm³/mol. The van der Waals surface area contributed by atoms with Crippen LogP contribution in [0.2, 0.25) is 0 Å². The zero-order valence-corrected chi connectivity index (χ0v) is 25.0. The van der Waals surface area contributed by atoms with Crippen LogP contribution < -0.4 is 15.2 Å². The minimum absolute atomic E-state index is 0.0836. The van der Waals surface area contributed by atoms with Crippen LogP contribution in [0.5, 0.6) is 11.5 Å². The Morgan fingerprint density at radius 2 is 1.41 bits per heavy atom. The summed E-state index contributed by atoms with van der Waals surface area (Å²) in [6.07, 6.45) is 3.49. The zero-order valence-electron chi connectivity index (χ0n) is 25.0. The summed E-state index contributed by atoms with van der Waals surface area (Å²) in [6, 6.07) is 2.88. The topological polar surface area (TPSA) is 161 Å². The minimum Gasteiger partial charge on any atom is -0.480 e. The number of aliphatic carboxylic acids is 1. The molecule has 11 nitrogen and oxygen atoms in total. The standard InChI is InChI=1S/C30H47NO10/c1-6-9-11-15-37-29(35)40-24-14-13-22(19-25(24)41-30(36)38-16-12-10-7-2)23(27(31)28(33)34)18-21(5)39-26(32)17-20(4)8-3/h13-14,19-21,23,27H,6-12,15-18,31H2,1-5H3,(H,33,34)/t20?,21?,23?,27-/m0/s1. The van der Waals surface area contributed by atoms with E-state index < -0.39 is 36.3 Å². The largest absolute Gasteiger partial charge is 0.513 e. The van der Waals surface area contributed by atoms with Crippen molar-refractivity contribution >= 4 is 24.2 Å². The number of carbonyl (C=O) groups excluding carboxylic acids is 3. The van der Waals surface area contributed by atoms with Crippen molar-refractivity contribution in [2.75, 3.05) is 13.2 Å². The number of ether oxygens (including phenoxy) is 5. The Hall–Kier alpha value is -3.34. The molecule has 0 fully saturated rings. The van der Waals surface area contributed by atoms with E-state index >= 15 is 0 Å². The SMILES string of the molecule is CCCCCOC(=O)Oc1ccc(C(CC(C)OC(=O)CC(C)CC)[C@H](N)C(=O)O)cc1OC(=O)OCCCCC. The first-order valence-electron chi connectivity index (χ1n) is 14.5. The summed E-state index contributed by atoms with van der Waals surface area (Å²) in [6.45, 7) is 9.93. The molecule has 1 rings (SSSR count). The van der Waals surface area contributed by atoms with Gasteiger partial charge in [-0.2, -0.15) is 0 Å². The van der Waals surface area contributed by atoms with Crippen molar-refractivity contribution < 1.29 is 48.0 Å². The molecule has 41 heavy (non-hydrogen) atoms. The fourth-order valence-corrected chi connectivity index (χ4v) is 3.94. The van der Waals surface area contributed by atoms with E-state index in [-0.39, 0.29) is 49.4 Å². The molecule has 0 saturated heterocycles. The first kappa shape index (κ1) is 35.7. The van der Waals surface area contributed by atoms with Crippen molar-refractivity contribution in [3.8, 4) is 11.5 Å². The number of carbonyl (C=O) groups is 4. The Bertz CT molecular complexity index is 967. The van der Waals surface area contributed by atoms with E-state index in [1.54, 1.807) is 6.92 Å². The van der Waals surface area contributed by atoms with Gasteiger partial charge in [0.1, 0.15) is 6.04 Å². The highest BCUT2D eigenvalue weighted by Crippen LogP contribution is 2.35. The molecule has 3 unspecified atom stereocenters. The first-order chi connectivity index (χ1) is 19.5. The smallest absolute Gasteiger partial charge is 0.480 e. The van der Waals surface area contributed by atoms with Crippen LogP contribution in [0, 0.1) is 5.92 Å². The number of carboxylic acid groups (broad SMARTS) is 1. The second kappa shape index (κ2) is 19.7. The van der Waals surface area contributed by atoms with Crippen LogP contribution in [-0.4, -0.2) is 54.7 Å². The number of rotatable bonds is 19. The summed E-state index contributed by atoms with van der Waals surface area (Å²) in [5, 5.41) is 9.69. The number of nitrogens with two attached hydrogens (primary N) is 1. The molecule has 0 radical (unpaired) electrons. The summed E-state index contributed by atoms with van der Waals surface area (Å²) in [5.74, 6) is -2.61. The number of benzene rings is 1. The highest BCUT2D eigenvalue weighted by atomic mass is 16.7. The van der Waals surface area contributed by atoms with Crippen LogP contribution in [0.15, 0.2) is 18.2 Å². The molecule has 1 aromatic carbocycles. The summed E-state index contributed by atoms with van der Waals surface area (Å²) in [5.41, 5.74) is 6.42. The van der Waals surface area contributed by atoms with Crippen molar-refractivity contribution in [3.05, 3.63) is 23.8 Å². The maximum absolute atomic E-state index is 12.4. The summed E-state index contributed by atoms with van der Waals surface area (Å²) in [7, 11) is 0. The monoisotopic (exact) mass is 581 g/mol. The molecular formula is C30H47NO10. The van der Waals surface area contributed by atoms with Gasteiger partial charge < -0.3 is 34.5 Å². The van der Waals surface area contributed by atoms with Gasteiger partial charge in [0.25, 0.3) is 0 Å². The fraction of sp³-hybridized carbons (Fsp3) is 0.667. The molecule has 4 atom stereocenters. The molecule has 0 aliphatic carbocycles. The lowest BCUT2D eigenvalue weighted by Gasteiger charge is -2.25. The van der Waals surface area contributed by atoms with Gasteiger partial charge in [-0.25, -0.2) is 9.59 Å². The van der Waals surface area contributed by atoms with Gasteiger partial charge in [-0.15, -0.1) is 0 Å². The van der Waals surface area contributed by atoms with Crippen molar-refractivity contribution in [3.63, 3.8) is 0 Å². The van der Waals surface area contributed by atoms with Gasteiger partial charge in [0.2, 0.25) is 0 Å². The molecule has 3 N–H and O–H groups in total. The summed E-state index contributed by atoms with van der Waals surface area (Å²) in [4.78, 5) is 48.8. The molecule has 0 amide bonds. The van der Waals surface area contributed by atoms with E-state index in [1.807, 2.05) is 27.7 Å². The van der Waals surface area contributed by atoms with Crippen LogP contribution >= 0.6 is 0 Å². The van der Waals surface area contributed by atoms with E-state index in [4.69, 9.17) is 29.4 Å². The Kier molecular flexibility index (Phi) is 17.1. The van der Waals surface area contributed by atoms with E-state index in [0.29, 0.717) is 18.4 Å². The molecule has 0 spiro atoms. The third-order valence-corrected chi connectivity index (χ3v) is 6.57. The second-order valence-electron chi connectivity index (χ2n) is 10.2. The Balaban J connectivity index is 3.21. The molecule has 0 aromatic heterocycles.